The molecule has 2 aromatic heterocycles. The number of hydrogen-bond donors (Lipinski definition) is 1. The van der Waals surface area contributed by atoms with Crippen molar-refractivity contribution in [1.29, 1.82) is 0 Å². The Bertz CT molecular complexity index is 1130. The van der Waals surface area contributed by atoms with E-state index in [1.807, 2.05) is 54.6 Å². The van der Waals surface area contributed by atoms with Crippen LogP contribution in [0.3, 0.4) is 0 Å². The van der Waals surface area contributed by atoms with Crippen LogP contribution in [0.25, 0.3) is 22.5 Å². The van der Waals surface area contributed by atoms with E-state index in [0.29, 0.717) is 18.7 Å². The summed E-state index contributed by atoms with van der Waals surface area (Å²) in [6, 6.07) is 19.5. The summed E-state index contributed by atoms with van der Waals surface area (Å²) in [6.07, 6.45) is 0.687. The number of nitrogens with one attached hydrogen (secondary N) is 1. The zero-order valence-corrected chi connectivity index (χ0v) is 17.6. The molecule has 30 heavy (non-hydrogen) atoms. The summed E-state index contributed by atoms with van der Waals surface area (Å²) in [5.41, 5.74) is 4.27. The third-order valence-electron chi connectivity index (χ3n) is 4.74. The third kappa shape index (κ3) is 4.41. The molecule has 0 aliphatic rings. The molecular formula is C23H22N4O2S. The van der Waals surface area contributed by atoms with Crippen molar-refractivity contribution in [3.63, 3.8) is 0 Å². The fourth-order valence-electron chi connectivity index (χ4n) is 3.12. The Balaban J connectivity index is 1.36. The number of benzene rings is 2. The van der Waals surface area contributed by atoms with E-state index in [4.69, 9.17) is 4.74 Å². The van der Waals surface area contributed by atoms with E-state index in [0.717, 1.165) is 33.3 Å². The van der Waals surface area contributed by atoms with Gasteiger partial charge >= 0.3 is 0 Å². The van der Waals surface area contributed by atoms with Crippen molar-refractivity contribution in [2.75, 3.05) is 13.7 Å². The van der Waals surface area contributed by atoms with Crippen molar-refractivity contribution in [2.45, 2.75) is 6.42 Å². The van der Waals surface area contributed by atoms with Crippen LogP contribution in [0.15, 0.2) is 66.0 Å². The minimum Gasteiger partial charge on any atom is -0.497 e. The second-order valence-corrected chi connectivity index (χ2v) is 7.71. The molecule has 152 valence electrons. The molecule has 1 amide bonds. The van der Waals surface area contributed by atoms with E-state index >= 15 is 0 Å². The van der Waals surface area contributed by atoms with Gasteiger partial charge in [-0.1, -0.05) is 30.3 Å². The van der Waals surface area contributed by atoms with Crippen LogP contribution in [0.4, 0.5) is 0 Å². The predicted molar refractivity (Wildman–Crippen MR) is 119 cm³/mol. The maximum Gasteiger partial charge on any atom is 0.269 e. The first-order valence-electron chi connectivity index (χ1n) is 9.60. The van der Waals surface area contributed by atoms with Crippen molar-refractivity contribution >= 4 is 17.2 Å². The monoisotopic (exact) mass is 418 g/mol. The minimum absolute atomic E-state index is 0.149. The lowest BCUT2D eigenvalue weighted by Gasteiger charge is -2.03. The van der Waals surface area contributed by atoms with Gasteiger partial charge in [0.15, 0.2) is 0 Å². The molecule has 0 aliphatic carbocycles. The van der Waals surface area contributed by atoms with Crippen LogP contribution in [-0.4, -0.2) is 34.3 Å². The Kier molecular flexibility index (Phi) is 5.90. The fraction of sp³-hybridized carbons (Fsp3) is 0.174. The van der Waals surface area contributed by atoms with Gasteiger partial charge in [0.2, 0.25) is 0 Å². The lowest BCUT2D eigenvalue weighted by molar-refractivity contribution is 0.0944. The molecule has 0 bridgehead atoms. The molecule has 2 aromatic carbocycles. The molecule has 0 atom stereocenters. The summed E-state index contributed by atoms with van der Waals surface area (Å²) in [4.78, 5) is 17.3. The average molecular weight is 419 g/mol. The SMILES string of the molecule is COc1ccc(-c2cc(C(=O)NCCc3nc(-c4ccccc4)cs3)n(C)n2)cc1. The number of rotatable bonds is 7. The normalized spacial score (nSPS) is 10.7. The highest BCUT2D eigenvalue weighted by Crippen LogP contribution is 2.23. The average Bonchev–Trinajstić information content (AvgIpc) is 3.41. The van der Waals surface area contributed by atoms with Crippen LogP contribution in [0.2, 0.25) is 0 Å². The third-order valence-corrected chi connectivity index (χ3v) is 5.65. The molecule has 4 rings (SSSR count). The molecule has 6 nitrogen and oxygen atoms in total. The number of carbonyl (C=O) groups excluding carboxylic acids is 1. The van der Waals surface area contributed by atoms with E-state index in [1.165, 1.54) is 0 Å². The lowest BCUT2D eigenvalue weighted by Crippen LogP contribution is -2.27. The first kappa shape index (κ1) is 19.8. The first-order chi connectivity index (χ1) is 14.6. The van der Waals surface area contributed by atoms with Gasteiger partial charge in [0.25, 0.3) is 5.91 Å². The Morgan fingerprint density at radius 2 is 1.80 bits per heavy atom. The minimum atomic E-state index is -0.149. The number of methoxy groups -OCH3 is 1. The highest BCUT2D eigenvalue weighted by atomic mass is 32.1. The maximum atomic E-state index is 12.6. The number of hydrogen-bond acceptors (Lipinski definition) is 5. The molecule has 0 aliphatic heterocycles. The largest absolute Gasteiger partial charge is 0.497 e. The standard InChI is InChI=1S/C23H22N4O2S/c1-27-21(14-19(26-27)17-8-10-18(29-2)11-9-17)23(28)24-13-12-22-25-20(15-30-22)16-6-4-3-5-7-16/h3-11,14-15H,12-13H2,1-2H3,(H,24,28). The Labute approximate surface area is 179 Å². The van der Waals surface area contributed by atoms with Crippen LogP contribution in [0, 0.1) is 0 Å². The molecular weight excluding hydrogens is 396 g/mol. The number of aromatic nitrogens is 3. The van der Waals surface area contributed by atoms with Gasteiger partial charge in [-0.2, -0.15) is 5.10 Å². The number of carbonyl (C=O) groups is 1. The number of nitrogens with zero attached hydrogens (tertiary/aromatic N) is 3. The first-order valence-corrected chi connectivity index (χ1v) is 10.5. The fourth-order valence-corrected chi connectivity index (χ4v) is 3.93. The molecule has 0 saturated carbocycles. The van der Waals surface area contributed by atoms with Crippen molar-refractivity contribution in [1.82, 2.24) is 20.1 Å². The highest BCUT2D eigenvalue weighted by molar-refractivity contribution is 7.09. The lowest BCUT2D eigenvalue weighted by atomic mass is 10.1. The van der Waals surface area contributed by atoms with E-state index in [2.05, 4.69) is 20.8 Å². The van der Waals surface area contributed by atoms with Gasteiger partial charge < -0.3 is 10.1 Å². The maximum absolute atomic E-state index is 12.6. The van der Waals surface area contributed by atoms with E-state index in [9.17, 15) is 4.79 Å². The zero-order valence-electron chi connectivity index (χ0n) is 16.8. The Morgan fingerprint density at radius 1 is 1.07 bits per heavy atom. The summed E-state index contributed by atoms with van der Waals surface area (Å²) < 4.78 is 6.79. The molecule has 0 radical (unpaired) electrons. The molecule has 0 unspecified atom stereocenters. The van der Waals surface area contributed by atoms with Crippen LogP contribution in [0.5, 0.6) is 5.75 Å². The molecule has 2 heterocycles. The van der Waals surface area contributed by atoms with Gasteiger partial charge in [0, 0.05) is 36.5 Å². The second-order valence-electron chi connectivity index (χ2n) is 6.77. The van der Waals surface area contributed by atoms with Crippen LogP contribution in [0.1, 0.15) is 15.5 Å². The van der Waals surface area contributed by atoms with E-state index in [1.54, 1.807) is 36.2 Å². The molecule has 1 N–H and O–H groups in total. The molecule has 0 spiro atoms. The van der Waals surface area contributed by atoms with E-state index in [-0.39, 0.29) is 5.91 Å². The van der Waals surface area contributed by atoms with Gasteiger partial charge in [0.05, 0.1) is 23.5 Å². The summed E-state index contributed by atoms with van der Waals surface area (Å²) >= 11 is 1.61. The van der Waals surface area contributed by atoms with Gasteiger partial charge in [-0.25, -0.2) is 4.98 Å². The molecule has 0 fully saturated rings. The van der Waals surface area contributed by atoms with Crippen LogP contribution < -0.4 is 10.1 Å². The number of aryl methyl sites for hydroxylation is 1. The quantitative estimate of drug-likeness (QED) is 0.489. The van der Waals surface area contributed by atoms with Crippen molar-refractivity contribution in [3.05, 3.63) is 76.7 Å². The number of amides is 1. The van der Waals surface area contributed by atoms with Crippen molar-refractivity contribution < 1.29 is 9.53 Å². The Morgan fingerprint density at radius 3 is 2.53 bits per heavy atom. The van der Waals surface area contributed by atoms with Gasteiger partial charge in [-0.05, 0) is 30.3 Å². The molecule has 7 heteroatoms. The summed E-state index contributed by atoms with van der Waals surface area (Å²) in [7, 11) is 3.40. The Hall–Kier alpha value is -3.45. The number of ether oxygens (including phenoxy) is 1. The topological polar surface area (TPSA) is 69.0 Å². The summed E-state index contributed by atoms with van der Waals surface area (Å²) in [6.45, 7) is 0.517. The van der Waals surface area contributed by atoms with E-state index < -0.39 is 0 Å². The molecule has 4 aromatic rings. The summed E-state index contributed by atoms with van der Waals surface area (Å²) in [5, 5.41) is 10.5. The van der Waals surface area contributed by atoms with Crippen LogP contribution >= 0.6 is 11.3 Å². The van der Waals surface area contributed by atoms with Gasteiger partial charge in [-0.3, -0.25) is 9.48 Å². The van der Waals surface area contributed by atoms with Gasteiger partial charge in [0.1, 0.15) is 11.4 Å². The predicted octanol–water partition coefficient (Wildman–Crippen LogP) is 4.19. The van der Waals surface area contributed by atoms with Gasteiger partial charge in [-0.15, -0.1) is 11.3 Å². The summed E-state index contributed by atoms with van der Waals surface area (Å²) in [5.74, 6) is 0.634. The highest BCUT2D eigenvalue weighted by Gasteiger charge is 2.14. The second kappa shape index (κ2) is 8.92. The van der Waals surface area contributed by atoms with Crippen molar-refractivity contribution in [2.24, 2.45) is 7.05 Å². The smallest absolute Gasteiger partial charge is 0.269 e. The zero-order chi connectivity index (χ0) is 20.9. The number of thiazole rings is 1. The molecule has 0 saturated heterocycles. The van der Waals surface area contributed by atoms with Crippen LogP contribution in [-0.2, 0) is 13.5 Å². The van der Waals surface area contributed by atoms with Crippen molar-refractivity contribution in [3.8, 4) is 28.3 Å².